The molecule has 0 spiro atoms. The average molecular weight is 356 g/mol. The summed E-state index contributed by atoms with van der Waals surface area (Å²) in [4.78, 5) is 20.8. The molecule has 2 aliphatic heterocycles. The Bertz CT molecular complexity index is 724. The van der Waals surface area contributed by atoms with Crippen LogP contribution in [-0.2, 0) is 24.3 Å². The van der Waals surface area contributed by atoms with E-state index in [1.807, 2.05) is 0 Å². The summed E-state index contributed by atoms with van der Waals surface area (Å²) < 4.78 is 0. The summed E-state index contributed by atoms with van der Waals surface area (Å²) in [7, 11) is 0. The minimum absolute atomic E-state index is 0.0620. The zero-order valence-corrected chi connectivity index (χ0v) is 15.1. The zero-order valence-electron chi connectivity index (χ0n) is 14.3. The van der Waals surface area contributed by atoms with Crippen molar-refractivity contribution < 1.29 is 4.79 Å². The lowest BCUT2D eigenvalue weighted by Gasteiger charge is -2.25. The number of nitrogens with one attached hydrogen (secondary N) is 2. The highest BCUT2D eigenvalue weighted by Gasteiger charge is 2.24. The third kappa shape index (κ3) is 4.08. The van der Waals surface area contributed by atoms with E-state index in [1.54, 1.807) is 11.3 Å². The molecule has 0 radical (unpaired) electrons. The first kappa shape index (κ1) is 16.7. The maximum atomic E-state index is 12.4. The second-order valence-corrected chi connectivity index (χ2v) is 7.91. The van der Waals surface area contributed by atoms with Gasteiger partial charge in [0.1, 0.15) is 0 Å². The minimum atomic E-state index is -0.0655. The molecule has 2 aromatic rings. The predicted octanol–water partition coefficient (Wildman–Crippen LogP) is 2.78. The number of carbonyl (C=O) groups excluding carboxylic acids is 1. The van der Waals surface area contributed by atoms with Crippen LogP contribution in [0.3, 0.4) is 0 Å². The van der Waals surface area contributed by atoms with Crippen molar-refractivity contribution in [2.24, 2.45) is 0 Å². The number of benzene rings is 1. The summed E-state index contributed by atoms with van der Waals surface area (Å²) in [6.45, 7) is 3.83. The molecule has 0 bridgehead atoms. The Labute approximate surface area is 152 Å². The molecule has 3 heterocycles. The fourth-order valence-electron chi connectivity index (χ4n) is 3.55. The molecular weight excluding hydrogens is 332 g/mol. The summed E-state index contributed by atoms with van der Waals surface area (Å²) in [5.74, 6) is 0.0620. The number of hydrogen-bond acceptors (Lipinski definition) is 5. The molecule has 6 heteroatoms. The van der Waals surface area contributed by atoms with Gasteiger partial charge in [-0.3, -0.25) is 9.69 Å². The van der Waals surface area contributed by atoms with Crippen LogP contribution in [0.15, 0.2) is 30.3 Å². The van der Waals surface area contributed by atoms with Crippen LogP contribution in [-0.4, -0.2) is 34.9 Å². The van der Waals surface area contributed by atoms with Crippen molar-refractivity contribution in [2.45, 2.75) is 44.8 Å². The third-order valence-electron chi connectivity index (χ3n) is 4.92. The van der Waals surface area contributed by atoms with E-state index in [2.05, 4.69) is 50.8 Å². The number of rotatable bonds is 4. The summed E-state index contributed by atoms with van der Waals surface area (Å²) in [6.07, 6.45) is 4.15. The number of hydrogen-bond donors (Lipinski definition) is 2. The molecular formula is C19H24N4OS. The standard InChI is InChI=1S/C19H24N4OS/c24-18(16-8-4-5-10-20-16)22-19-21-15-9-11-23(13-17(15)25-19)12-14-6-2-1-3-7-14/h1-3,6-7,16,20H,4-5,8-13H2,(H,21,22,24). The van der Waals surface area contributed by atoms with Gasteiger partial charge in [0.25, 0.3) is 0 Å². The number of aromatic nitrogens is 1. The van der Waals surface area contributed by atoms with Crippen molar-refractivity contribution in [3.8, 4) is 0 Å². The predicted molar refractivity (Wildman–Crippen MR) is 101 cm³/mol. The SMILES string of the molecule is O=C(Nc1nc2c(s1)CN(Cc1ccccc1)CC2)C1CCCCN1. The Morgan fingerprint density at radius 3 is 3.00 bits per heavy atom. The quantitative estimate of drug-likeness (QED) is 0.884. The fourth-order valence-corrected chi connectivity index (χ4v) is 4.60. The Balaban J connectivity index is 1.38. The average Bonchev–Trinajstić information content (AvgIpc) is 3.05. The lowest BCUT2D eigenvalue weighted by atomic mass is 10.0. The molecule has 1 atom stereocenters. The van der Waals surface area contributed by atoms with E-state index in [1.165, 1.54) is 10.4 Å². The molecule has 132 valence electrons. The van der Waals surface area contributed by atoms with Gasteiger partial charge in [-0.25, -0.2) is 4.98 Å². The van der Waals surface area contributed by atoms with Crippen LogP contribution in [0, 0.1) is 0 Å². The number of thiazole rings is 1. The lowest BCUT2D eigenvalue weighted by molar-refractivity contribution is -0.118. The van der Waals surface area contributed by atoms with Crippen molar-refractivity contribution in [1.29, 1.82) is 0 Å². The first-order chi connectivity index (χ1) is 12.3. The molecule has 1 unspecified atom stereocenters. The van der Waals surface area contributed by atoms with E-state index in [4.69, 9.17) is 0 Å². The van der Waals surface area contributed by atoms with Gasteiger partial charge < -0.3 is 10.6 Å². The van der Waals surface area contributed by atoms with Gasteiger partial charge in [0.2, 0.25) is 5.91 Å². The highest BCUT2D eigenvalue weighted by atomic mass is 32.1. The summed E-state index contributed by atoms with van der Waals surface area (Å²) >= 11 is 1.63. The molecule has 1 amide bonds. The number of nitrogens with zero attached hydrogens (tertiary/aromatic N) is 2. The van der Waals surface area contributed by atoms with Gasteiger partial charge in [-0.15, -0.1) is 11.3 Å². The molecule has 0 aliphatic carbocycles. The van der Waals surface area contributed by atoms with Gasteiger partial charge in [-0.05, 0) is 24.9 Å². The summed E-state index contributed by atoms with van der Waals surface area (Å²) in [6, 6.07) is 10.5. The Morgan fingerprint density at radius 2 is 2.20 bits per heavy atom. The van der Waals surface area contributed by atoms with Crippen molar-refractivity contribution in [3.05, 3.63) is 46.5 Å². The van der Waals surface area contributed by atoms with Gasteiger partial charge in [0, 0.05) is 30.9 Å². The fraction of sp³-hybridized carbons (Fsp3) is 0.474. The van der Waals surface area contributed by atoms with Crippen LogP contribution in [0.5, 0.6) is 0 Å². The van der Waals surface area contributed by atoms with Gasteiger partial charge in [0.15, 0.2) is 5.13 Å². The highest BCUT2D eigenvalue weighted by Crippen LogP contribution is 2.29. The minimum Gasteiger partial charge on any atom is -0.306 e. The first-order valence-corrected chi connectivity index (χ1v) is 9.89. The molecule has 0 saturated carbocycles. The van der Waals surface area contributed by atoms with Crippen LogP contribution in [0.1, 0.15) is 35.4 Å². The zero-order chi connectivity index (χ0) is 17.1. The monoisotopic (exact) mass is 356 g/mol. The molecule has 5 nitrogen and oxygen atoms in total. The van der Waals surface area contributed by atoms with Crippen molar-refractivity contribution in [1.82, 2.24) is 15.2 Å². The van der Waals surface area contributed by atoms with Crippen LogP contribution in [0.4, 0.5) is 5.13 Å². The molecule has 1 saturated heterocycles. The van der Waals surface area contributed by atoms with Gasteiger partial charge in [-0.2, -0.15) is 0 Å². The van der Waals surface area contributed by atoms with E-state index in [9.17, 15) is 4.79 Å². The summed E-state index contributed by atoms with van der Waals surface area (Å²) in [5.41, 5.74) is 2.49. The van der Waals surface area contributed by atoms with E-state index >= 15 is 0 Å². The molecule has 4 rings (SSSR count). The lowest BCUT2D eigenvalue weighted by Crippen LogP contribution is -2.43. The number of fused-ring (bicyclic) bond motifs is 1. The normalized spacial score (nSPS) is 20.9. The van der Waals surface area contributed by atoms with Crippen molar-refractivity contribution >= 4 is 22.4 Å². The second-order valence-electron chi connectivity index (χ2n) is 6.83. The Kier molecular flexibility index (Phi) is 5.10. The van der Waals surface area contributed by atoms with Crippen LogP contribution in [0.25, 0.3) is 0 Å². The largest absolute Gasteiger partial charge is 0.306 e. The topological polar surface area (TPSA) is 57.3 Å². The molecule has 1 aromatic heterocycles. The summed E-state index contributed by atoms with van der Waals surface area (Å²) in [5, 5.41) is 7.07. The maximum absolute atomic E-state index is 12.4. The van der Waals surface area contributed by atoms with Gasteiger partial charge >= 0.3 is 0 Å². The molecule has 2 aliphatic rings. The van der Waals surface area contributed by atoms with Crippen molar-refractivity contribution in [3.63, 3.8) is 0 Å². The Morgan fingerprint density at radius 1 is 1.32 bits per heavy atom. The molecule has 2 N–H and O–H groups in total. The third-order valence-corrected chi connectivity index (χ3v) is 5.91. The first-order valence-electron chi connectivity index (χ1n) is 9.07. The van der Waals surface area contributed by atoms with Gasteiger partial charge in [-0.1, -0.05) is 36.8 Å². The smallest absolute Gasteiger partial charge is 0.243 e. The Hall–Kier alpha value is -1.76. The van der Waals surface area contributed by atoms with Gasteiger partial charge in [0.05, 0.1) is 11.7 Å². The molecule has 25 heavy (non-hydrogen) atoms. The van der Waals surface area contributed by atoms with E-state index in [0.29, 0.717) is 0 Å². The number of piperidine rings is 1. The number of amides is 1. The van der Waals surface area contributed by atoms with Crippen molar-refractivity contribution in [2.75, 3.05) is 18.4 Å². The van der Waals surface area contributed by atoms with E-state index < -0.39 is 0 Å². The maximum Gasteiger partial charge on any atom is 0.243 e. The van der Waals surface area contributed by atoms with Crippen LogP contribution < -0.4 is 10.6 Å². The van der Waals surface area contributed by atoms with E-state index in [-0.39, 0.29) is 11.9 Å². The number of anilines is 1. The molecule has 1 fully saturated rings. The highest BCUT2D eigenvalue weighted by molar-refractivity contribution is 7.15. The van der Waals surface area contributed by atoms with Crippen LogP contribution in [0.2, 0.25) is 0 Å². The van der Waals surface area contributed by atoms with E-state index in [0.717, 1.165) is 62.7 Å². The van der Waals surface area contributed by atoms with Crippen LogP contribution >= 0.6 is 11.3 Å². The molecule has 1 aromatic carbocycles. The second kappa shape index (κ2) is 7.64. The number of carbonyl (C=O) groups is 1.